The maximum Gasteiger partial charge on any atom is 0.315 e. The van der Waals surface area contributed by atoms with Crippen LogP contribution in [0.25, 0.3) is 0 Å². The minimum atomic E-state index is -0.957. The minimum absolute atomic E-state index is 0.00864. The molecule has 25 heavy (non-hydrogen) atoms. The molecule has 0 spiro atoms. The summed E-state index contributed by atoms with van der Waals surface area (Å²) in [7, 11) is 0. The van der Waals surface area contributed by atoms with Crippen molar-refractivity contribution in [1.29, 1.82) is 0 Å². The van der Waals surface area contributed by atoms with Gasteiger partial charge in [-0.25, -0.2) is 0 Å². The second-order valence-electron chi connectivity index (χ2n) is 5.80. The van der Waals surface area contributed by atoms with E-state index in [1.165, 1.54) is 0 Å². The fourth-order valence-electron chi connectivity index (χ4n) is 2.45. The molecule has 0 saturated carbocycles. The fourth-order valence-corrected chi connectivity index (χ4v) is 2.81. The summed E-state index contributed by atoms with van der Waals surface area (Å²) in [5.41, 5.74) is 0.807. The van der Waals surface area contributed by atoms with Gasteiger partial charge in [-0.2, -0.15) is 0 Å². The molecule has 6 heteroatoms. The van der Waals surface area contributed by atoms with Gasteiger partial charge in [0.2, 0.25) is 6.10 Å². The summed E-state index contributed by atoms with van der Waals surface area (Å²) in [4.78, 5) is 11.9. The van der Waals surface area contributed by atoms with Gasteiger partial charge in [-0.05, 0) is 35.7 Å². The number of hydrogen-bond acceptors (Lipinski definition) is 3. The molecule has 1 unspecified atom stereocenters. The molecule has 0 saturated heterocycles. The molecule has 0 fully saturated rings. The van der Waals surface area contributed by atoms with Crippen molar-refractivity contribution in [1.82, 2.24) is 0 Å². The van der Waals surface area contributed by atoms with Crippen LogP contribution >= 0.6 is 34.8 Å². The molecule has 1 aromatic carbocycles. The van der Waals surface area contributed by atoms with E-state index in [0.29, 0.717) is 16.5 Å². The second-order valence-corrected chi connectivity index (χ2v) is 7.33. The lowest BCUT2D eigenvalue weighted by molar-refractivity contribution is -0.150. The van der Waals surface area contributed by atoms with Crippen LogP contribution in [0.5, 0.6) is 0 Å². The topological polar surface area (TPSA) is 39.4 Å². The number of terminal acetylenes is 1. The summed E-state index contributed by atoms with van der Waals surface area (Å²) in [5, 5.41) is 0.598. The Morgan fingerprint density at radius 1 is 1.12 bits per heavy atom. The van der Waals surface area contributed by atoms with Gasteiger partial charge >= 0.3 is 5.97 Å². The maximum atomic E-state index is 12.7. The molecule has 0 aliphatic carbocycles. The molecule has 1 heterocycles. The summed E-state index contributed by atoms with van der Waals surface area (Å²) in [6, 6.07) is 10.3. The molecule has 0 amide bonds. The Kier molecular flexibility index (Phi) is 6.84. The minimum Gasteiger partial charge on any atom is -0.458 e. The zero-order valence-corrected chi connectivity index (χ0v) is 16.0. The molecule has 2 aromatic rings. The Hall–Kier alpha value is -1.60. The maximum absolute atomic E-state index is 12.7. The molecule has 0 N–H and O–H groups in total. The molecule has 3 nitrogen and oxygen atoms in total. The molecule has 1 aromatic heterocycles. The van der Waals surface area contributed by atoms with E-state index in [4.69, 9.17) is 50.4 Å². The highest BCUT2D eigenvalue weighted by molar-refractivity contribution is 6.43. The predicted octanol–water partition coefficient (Wildman–Crippen LogP) is 6.07. The summed E-state index contributed by atoms with van der Waals surface area (Å²) in [5.74, 6) is 2.15. The molecular weight excluding hydrogens is 383 g/mol. The van der Waals surface area contributed by atoms with Gasteiger partial charge in [0.05, 0.1) is 5.92 Å². The van der Waals surface area contributed by atoms with Crippen LogP contribution < -0.4 is 0 Å². The van der Waals surface area contributed by atoms with Crippen molar-refractivity contribution in [2.24, 2.45) is 5.92 Å². The van der Waals surface area contributed by atoms with Crippen LogP contribution in [0.2, 0.25) is 5.02 Å². The highest BCUT2D eigenvalue weighted by atomic mass is 35.5. The van der Waals surface area contributed by atoms with Crippen molar-refractivity contribution in [3.05, 3.63) is 58.5 Å². The number of carbonyl (C=O) groups excluding carboxylic acids is 1. The van der Waals surface area contributed by atoms with Crippen molar-refractivity contribution >= 4 is 40.8 Å². The van der Waals surface area contributed by atoms with E-state index < -0.39 is 22.8 Å². The van der Waals surface area contributed by atoms with Gasteiger partial charge in [0.25, 0.3) is 0 Å². The van der Waals surface area contributed by atoms with Crippen LogP contribution in [-0.2, 0) is 9.53 Å². The van der Waals surface area contributed by atoms with Gasteiger partial charge in [-0.3, -0.25) is 4.79 Å². The third-order valence-electron chi connectivity index (χ3n) is 3.66. The van der Waals surface area contributed by atoms with Crippen molar-refractivity contribution < 1.29 is 13.9 Å². The lowest BCUT2D eigenvalue weighted by Gasteiger charge is -2.21. The Balaban J connectivity index is 2.21. The number of benzene rings is 1. The molecular formula is C19H17Cl3O3. The van der Waals surface area contributed by atoms with Crippen molar-refractivity contribution in [2.45, 2.75) is 30.7 Å². The van der Waals surface area contributed by atoms with Gasteiger partial charge in [0, 0.05) is 5.02 Å². The Bertz CT molecular complexity index is 757. The Morgan fingerprint density at radius 3 is 2.20 bits per heavy atom. The van der Waals surface area contributed by atoms with Crippen molar-refractivity contribution in [3.8, 4) is 12.3 Å². The lowest BCUT2D eigenvalue weighted by Crippen LogP contribution is -2.22. The van der Waals surface area contributed by atoms with E-state index in [9.17, 15) is 4.79 Å². The average Bonchev–Trinajstić information content (AvgIpc) is 3.04. The summed E-state index contributed by atoms with van der Waals surface area (Å²) < 4.78 is 11.0. The number of ether oxygens (including phenoxy) is 1. The molecule has 2 atom stereocenters. The van der Waals surface area contributed by atoms with Crippen molar-refractivity contribution in [2.75, 3.05) is 0 Å². The molecule has 0 aliphatic heterocycles. The van der Waals surface area contributed by atoms with Crippen LogP contribution in [0, 0.1) is 18.3 Å². The number of carbonyl (C=O) groups is 1. The van der Waals surface area contributed by atoms with Crippen LogP contribution in [0.1, 0.15) is 47.8 Å². The highest BCUT2D eigenvalue weighted by Crippen LogP contribution is 2.32. The smallest absolute Gasteiger partial charge is 0.315 e. The van der Waals surface area contributed by atoms with Gasteiger partial charge in [0.15, 0.2) is 10.6 Å². The summed E-state index contributed by atoms with van der Waals surface area (Å²) in [6.45, 7) is 3.87. The van der Waals surface area contributed by atoms with E-state index in [1.54, 1.807) is 36.4 Å². The number of furan rings is 1. The zero-order chi connectivity index (χ0) is 18.6. The normalized spacial score (nSPS) is 13.5. The Morgan fingerprint density at radius 2 is 1.72 bits per heavy atom. The van der Waals surface area contributed by atoms with Gasteiger partial charge in [-0.1, -0.05) is 66.7 Å². The fraction of sp³-hybridized carbons (Fsp3) is 0.316. The van der Waals surface area contributed by atoms with Crippen LogP contribution in [0.3, 0.4) is 0 Å². The SMILES string of the molecule is C#C[C@H](OC(=O)C(c1ccc(Cl)cc1)C(C)C)c1ccc(C(Cl)Cl)o1. The number of hydrogen-bond donors (Lipinski definition) is 0. The van der Waals surface area contributed by atoms with E-state index >= 15 is 0 Å². The first-order valence-corrected chi connectivity index (χ1v) is 8.88. The third-order valence-corrected chi connectivity index (χ3v) is 4.34. The third kappa shape index (κ3) is 4.95. The number of rotatable bonds is 6. The Labute approximate surface area is 162 Å². The first-order valence-electron chi connectivity index (χ1n) is 7.63. The second kappa shape index (κ2) is 8.67. The molecule has 0 aliphatic rings. The number of alkyl halides is 2. The number of esters is 1. The van der Waals surface area contributed by atoms with E-state index in [2.05, 4.69) is 5.92 Å². The quantitative estimate of drug-likeness (QED) is 0.336. The van der Waals surface area contributed by atoms with E-state index in [0.717, 1.165) is 5.56 Å². The van der Waals surface area contributed by atoms with Crippen LogP contribution in [0.4, 0.5) is 0 Å². The lowest BCUT2D eigenvalue weighted by atomic mass is 9.88. The van der Waals surface area contributed by atoms with Crippen LogP contribution in [-0.4, -0.2) is 5.97 Å². The first kappa shape index (κ1) is 19.7. The number of halogens is 3. The summed E-state index contributed by atoms with van der Waals surface area (Å²) >= 11 is 17.4. The summed E-state index contributed by atoms with van der Waals surface area (Å²) in [6.07, 6.45) is 4.55. The first-order chi connectivity index (χ1) is 11.8. The molecule has 0 radical (unpaired) electrons. The van der Waals surface area contributed by atoms with Crippen molar-refractivity contribution in [3.63, 3.8) is 0 Å². The van der Waals surface area contributed by atoms with Gasteiger partial charge in [0.1, 0.15) is 5.76 Å². The molecule has 2 rings (SSSR count). The van der Waals surface area contributed by atoms with Gasteiger partial charge in [-0.15, -0.1) is 6.42 Å². The monoisotopic (exact) mass is 398 g/mol. The van der Waals surface area contributed by atoms with Gasteiger partial charge < -0.3 is 9.15 Å². The standard InChI is InChI=1S/C19H17Cl3O3/c1-4-14(15-9-10-16(24-15)18(21)22)25-19(23)17(11(2)3)12-5-7-13(20)8-6-12/h1,5-11,14,17-18H,2-3H3/t14-,17?/m0/s1. The van der Waals surface area contributed by atoms with E-state index in [-0.39, 0.29) is 5.92 Å². The largest absolute Gasteiger partial charge is 0.458 e. The van der Waals surface area contributed by atoms with E-state index in [1.807, 2.05) is 13.8 Å². The zero-order valence-electron chi connectivity index (χ0n) is 13.7. The average molecular weight is 400 g/mol. The van der Waals surface area contributed by atoms with Crippen LogP contribution in [0.15, 0.2) is 40.8 Å². The molecule has 0 bridgehead atoms. The predicted molar refractivity (Wildman–Crippen MR) is 99.9 cm³/mol. The molecule has 132 valence electrons. The highest BCUT2D eigenvalue weighted by Gasteiger charge is 2.29.